The summed E-state index contributed by atoms with van der Waals surface area (Å²) in [6.45, 7) is 5.02. The van der Waals surface area contributed by atoms with Gasteiger partial charge in [0, 0.05) is 25.2 Å². The minimum atomic E-state index is 0.0255. The first-order valence-electron chi connectivity index (χ1n) is 6.31. The molecule has 102 valence electrons. The molecule has 0 atom stereocenters. The Kier molecular flexibility index (Phi) is 4.37. The van der Waals surface area contributed by atoms with E-state index in [2.05, 4.69) is 15.3 Å². The van der Waals surface area contributed by atoms with E-state index in [1.807, 2.05) is 30.5 Å². The molecule has 0 aromatic carbocycles. The zero-order valence-electron chi connectivity index (χ0n) is 11.1. The molecule has 6 heteroatoms. The molecule has 2 aromatic heterocycles. The maximum atomic E-state index is 11.5. The van der Waals surface area contributed by atoms with E-state index < -0.39 is 0 Å². The third-order valence-corrected chi connectivity index (χ3v) is 3.11. The van der Waals surface area contributed by atoms with E-state index in [4.69, 9.17) is 11.6 Å². The number of imidazole rings is 1. The van der Waals surface area contributed by atoms with Gasteiger partial charge in [0.2, 0.25) is 5.91 Å². The number of halogens is 1. The highest BCUT2D eigenvalue weighted by atomic mass is 35.5. The molecule has 0 aliphatic rings. The van der Waals surface area contributed by atoms with Crippen molar-refractivity contribution in [3.8, 4) is 0 Å². The van der Waals surface area contributed by atoms with Crippen LogP contribution < -0.4 is 5.32 Å². The van der Waals surface area contributed by atoms with Crippen molar-refractivity contribution in [3.63, 3.8) is 0 Å². The molecule has 0 saturated heterocycles. The minimum absolute atomic E-state index is 0.0255. The van der Waals surface area contributed by atoms with E-state index in [0.717, 1.165) is 22.7 Å². The predicted octanol–water partition coefficient (Wildman–Crippen LogP) is 2.00. The van der Waals surface area contributed by atoms with E-state index in [-0.39, 0.29) is 5.91 Å². The van der Waals surface area contributed by atoms with Gasteiger partial charge in [0.25, 0.3) is 0 Å². The highest BCUT2D eigenvalue weighted by Gasteiger charge is 2.12. The first kappa shape index (κ1) is 13.8. The topological polar surface area (TPSA) is 59.8 Å². The van der Waals surface area contributed by atoms with Crippen molar-refractivity contribution in [2.24, 2.45) is 0 Å². The zero-order valence-corrected chi connectivity index (χ0v) is 11.9. The van der Waals surface area contributed by atoms with Gasteiger partial charge >= 0.3 is 0 Å². The normalized spacial score (nSPS) is 10.9. The number of nitrogens with zero attached hydrogens (tertiary/aromatic N) is 3. The summed E-state index contributed by atoms with van der Waals surface area (Å²) in [5.74, 6) is 1.08. The van der Waals surface area contributed by atoms with Crippen LogP contribution in [0.15, 0.2) is 12.1 Å². The number of alkyl halides is 1. The molecule has 0 spiro atoms. The van der Waals surface area contributed by atoms with Crippen LogP contribution in [0, 0.1) is 6.92 Å². The molecule has 1 N–H and O–H groups in total. The van der Waals surface area contributed by atoms with Gasteiger partial charge in [0.05, 0.1) is 5.88 Å². The molecule has 0 saturated carbocycles. The van der Waals surface area contributed by atoms with Gasteiger partial charge in [-0.15, -0.1) is 11.6 Å². The second-order valence-electron chi connectivity index (χ2n) is 4.31. The third-order valence-electron chi connectivity index (χ3n) is 2.87. The first-order valence-corrected chi connectivity index (χ1v) is 6.84. The smallest absolute Gasteiger partial charge is 0.221 e. The molecule has 0 aliphatic carbocycles. The fourth-order valence-electron chi connectivity index (χ4n) is 1.98. The Labute approximate surface area is 117 Å². The molecular weight excluding hydrogens is 264 g/mol. The van der Waals surface area contributed by atoms with Crippen molar-refractivity contribution < 1.29 is 4.79 Å². The van der Waals surface area contributed by atoms with Crippen LogP contribution in [0.25, 0.3) is 11.2 Å². The number of carbonyl (C=O) groups excluding carboxylic acids is 1. The predicted molar refractivity (Wildman–Crippen MR) is 75.1 cm³/mol. The average molecular weight is 281 g/mol. The summed E-state index contributed by atoms with van der Waals surface area (Å²) >= 11 is 5.91. The largest absolute Gasteiger partial charge is 0.356 e. The van der Waals surface area contributed by atoms with Gasteiger partial charge in [0.15, 0.2) is 5.65 Å². The molecule has 19 heavy (non-hydrogen) atoms. The number of aromatic nitrogens is 3. The number of aryl methyl sites for hydroxylation is 2. The van der Waals surface area contributed by atoms with Gasteiger partial charge in [-0.1, -0.05) is 0 Å². The van der Waals surface area contributed by atoms with Crippen molar-refractivity contribution in [2.75, 3.05) is 6.54 Å². The van der Waals surface area contributed by atoms with Crippen LogP contribution in [0.4, 0.5) is 0 Å². The lowest BCUT2D eigenvalue weighted by Crippen LogP contribution is -2.24. The lowest BCUT2D eigenvalue weighted by Gasteiger charge is -2.07. The summed E-state index contributed by atoms with van der Waals surface area (Å²) in [5, 5.41) is 2.78. The number of carbonyl (C=O) groups is 1. The SMILES string of the molecule is CCNC(=O)CCn1c(CCl)nc2ccc(C)nc21. The summed E-state index contributed by atoms with van der Waals surface area (Å²) in [6, 6.07) is 3.85. The summed E-state index contributed by atoms with van der Waals surface area (Å²) in [7, 11) is 0. The number of nitrogens with one attached hydrogen (secondary N) is 1. The van der Waals surface area contributed by atoms with Crippen LogP contribution in [0.1, 0.15) is 24.9 Å². The van der Waals surface area contributed by atoms with Gasteiger partial charge in [-0.05, 0) is 26.0 Å². The Morgan fingerprint density at radius 2 is 2.21 bits per heavy atom. The highest BCUT2D eigenvalue weighted by molar-refractivity contribution is 6.16. The molecule has 2 rings (SSSR count). The second-order valence-corrected chi connectivity index (χ2v) is 4.58. The van der Waals surface area contributed by atoms with Crippen LogP contribution in [0.2, 0.25) is 0 Å². The van der Waals surface area contributed by atoms with Crippen molar-refractivity contribution >= 4 is 28.7 Å². The van der Waals surface area contributed by atoms with Gasteiger partial charge in [-0.2, -0.15) is 0 Å². The summed E-state index contributed by atoms with van der Waals surface area (Å²) in [5.41, 5.74) is 2.53. The van der Waals surface area contributed by atoms with Gasteiger partial charge < -0.3 is 9.88 Å². The van der Waals surface area contributed by atoms with E-state index >= 15 is 0 Å². The number of pyridine rings is 1. The first-order chi connectivity index (χ1) is 9.15. The molecule has 2 heterocycles. The number of rotatable bonds is 5. The van der Waals surface area contributed by atoms with E-state index in [1.54, 1.807) is 0 Å². The Morgan fingerprint density at radius 3 is 2.89 bits per heavy atom. The second kappa shape index (κ2) is 6.02. The van der Waals surface area contributed by atoms with Crippen LogP contribution in [0.5, 0.6) is 0 Å². The average Bonchev–Trinajstić information content (AvgIpc) is 2.74. The quantitative estimate of drug-likeness (QED) is 0.852. The Balaban J connectivity index is 2.29. The van der Waals surface area contributed by atoms with Crippen LogP contribution in [-0.2, 0) is 17.2 Å². The zero-order chi connectivity index (χ0) is 13.8. The summed E-state index contributed by atoms with van der Waals surface area (Å²) < 4.78 is 1.92. The maximum absolute atomic E-state index is 11.5. The van der Waals surface area contributed by atoms with Crippen LogP contribution in [-0.4, -0.2) is 27.0 Å². The third kappa shape index (κ3) is 3.04. The Hall–Kier alpha value is -1.62. The van der Waals surface area contributed by atoms with Crippen LogP contribution in [0.3, 0.4) is 0 Å². The lowest BCUT2D eigenvalue weighted by atomic mass is 10.3. The van der Waals surface area contributed by atoms with Gasteiger partial charge in [0.1, 0.15) is 11.3 Å². The molecule has 0 aliphatic heterocycles. The monoisotopic (exact) mass is 280 g/mol. The summed E-state index contributed by atoms with van der Waals surface area (Å²) in [6.07, 6.45) is 0.402. The molecule has 0 unspecified atom stereocenters. The summed E-state index contributed by atoms with van der Waals surface area (Å²) in [4.78, 5) is 20.5. The Morgan fingerprint density at radius 1 is 1.42 bits per heavy atom. The van der Waals surface area contributed by atoms with Crippen molar-refractivity contribution in [2.45, 2.75) is 32.7 Å². The van der Waals surface area contributed by atoms with Gasteiger partial charge in [-0.3, -0.25) is 4.79 Å². The Bertz CT molecular complexity index is 594. The fourth-order valence-corrected chi connectivity index (χ4v) is 2.18. The molecule has 5 nitrogen and oxygen atoms in total. The van der Waals surface area contributed by atoms with Crippen molar-refractivity contribution in [1.29, 1.82) is 0 Å². The minimum Gasteiger partial charge on any atom is -0.356 e. The van der Waals surface area contributed by atoms with Gasteiger partial charge in [-0.25, -0.2) is 9.97 Å². The van der Waals surface area contributed by atoms with E-state index in [1.165, 1.54) is 0 Å². The number of fused-ring (bicyclic) bond motifs is 1. The molecule has 0 bridgehead atoms. The standard InChI is InChI=1S/C13H17ClN4O/c1-3-15-12(19)6-7-18-11(8-14)17-10-5-4-9(2)16-13(10)18/h4-5H,3,6-8H2,1-2H3,(H,15,19). The molecular formula is C13H17ClN4O. The van der Waals surface area contributed by atoms with E-state index in [0.29, 0.717) is 25.4 Å². The van der Waals surface area contributed by atoms with Crippen molar-refractivity contribution in [1.82, 2.24) is 19.9 Å². The number of hydrogen-bond donors (Lipinski definition) is 1. The molecule has 1 amide bonds. The highest BCUT2D eigenvalue weighted by Crippen LogP contribution is 2.16. The molecule has 0 radical (unpaired) electrons. The number of hydrogen-bond acceptors (Lipinski definition) is 3. The van der Waals surface area contributed by atoms with Crippen LogP contribution >= 0.6 is 11.6 Å². The van der Waals surface area contributed by atoms with Crippen molar-refractivity contribution in [3.05, 3.63) is 23.7 Å². The molecule has 0 fully saturated rings. The fraction of sp³-hybridized carbons (Fsp3) is 0.462. The number of amides is 1. The van der Waals surface area contributed by atoms with E-state index in [9.17, 15) is 4.79 Å². The molecule has 2 aromatic rings. The maximum Gasteiger partial charge on any atom is 0.221 e. The lowest BCUT2D eigenvalue weighted by molar-refractivity contribution is -0.121.